The van der Waals surface area contributed by atoms with Crippen LogP contribution in [-0.4, -0.2) is 31.3 Å². The van der Waals surface area contributed by atoms with E-state index < -0.39 is 11.9 Å². The van der Waals surface area contributed by atoms with Crippen molar-refractivity contribution in [2.75, 3.05) is 0 Å². The number of carbonyl (C=O) groups is 2. The summed E-state index contributed by atoms with van der Waals surface area (Å²) < 4.78 is 5.55. The summed E-state index contributed by atoms with van der Waals surface area (Å²) in [5.41, 5.74) is 12.6. The van der Waals surface area contributed by atoms with Gasteiger partial charge in [0, 0.05) is 56.2 Å². The molecule has 0 radical (unpaired) electrons. The second-order valence-corrected chi connectivity index (χ2v) is 27.7. The number of hydrogen-bond acceptors (Lipinski definition) is 2. The van der Waals surface area contributed by atoms with Crippen molar-refractivity contribution in [3.8, 4) is 33.4 Å². The van der Waals surface area contributed by atoms with Crippen LogP contribution in [0.5, 0.6) is 0 Å². The van der Waals surface area contributed by atoms with E-state index in [1.54, 1.807) is 24.3 Å². The third-order valence-electron chi connectivity index (χ3n) is 21.7. The topological polar surface area (TPSA) is 84.5 Å². The minimum atomic E-state index is -0.911. The number of benzene rings is 12. The highest BCUT2D eigenvalue weighted by molar-refractivity contribution is 6.45. The first-order chi connectivity index (χ1) is 45.2. The van der Waals surface area contributed by atoms with Crippen molar-refractivity contribution in [2.45, 2.75) is 195 Å². The van der Waals surface area contributed by atoms with E-state index in [0.29, 0.717) is 23.0 Å². The van der Waals surface area contributed by atoms with Crippen molar-refractivity contribution in [1.82, 2.24) is 9.13 Å². The van der Waals surface area contributed by atoms with Crippen molar-refractivity contribution in [3.05, 3.63) is 157 Å². The Balaban J connectivity index is 1.05. The molecular formula is C86H92N2O4. The minimum absolute atomic E-state index is 0.297. The molecule has 0 bridgehead atoms. The number of hydrogen-bond donors (Lipinski definition) is 2. The number of aromatic carboxylic acids is 2. The number of fused-ring (bicyclic) bond motifs is 2. The Morgan fingerprint density at radius 3 is 0.848 bits per heavy atom. The zero-order chi connectivity index (χ0) is 63.0. The van der Waals surface area contributed by atoms with Gasteiger partial charge in [0.15, 0.2) is 0 Å². The van der Waals surface area contributed by atoms with Gasteiger partial charge in [-0.3, -0.25) is 0 Å². The number of nitrogens with zero attached hydrogens (tertiary/aromatic N) is 2. The zero-order valence-electron chi connectivity index (χ0n) is 55.0. The monoisotopic (exact) mass is 1220 g/mol. The summed E-state index contributed by atoms with van der Waals surface area (Å²) in [5.74, 6) is -0.808. The van der Waals surface area contributed by atoms with Gasteiger partial charge in [0.1, 0.15) is 0 Å². The maximum Gasteiger partial charge on any atom is 0.335 e. The minimum Gasteiger partial charge on any atom is -0.478 e. The smallest absolute Gasteiger partial charge is 0.335 e. The summed E-state index contributed by atoms with van der Waals surface area (Å²) in [7, 11) is 0. The molecule has 0 aliphatic rings. The molecule has 14 rings (SSSR count). The van der Waals surface area contributed by atoms with E-state index in [-0.39, 0.29) is 0 Å². The summed E-state index contributed by atoms with van der Waals surface area (Å²) in [6.45, 7) is 11.1. The van der Waals surface area contributed by atoms with Gasteiger partial charge in [-0.05, 0) is 163 Å². The average molecular weight is 1220 g/mol. The van der Waals surface area contributed by atoms with Crippen molar-refractivity contribution < 1.29 is 19.8 Å². The molecule has 12 aromatic carbocycles. The van der Waals surface area contributed by atoms with Crippen LogP contribution < -0.4 is 0 Å². The molecular weight excluding hydrogens is 1120 g/mol. The first-order valence-corrected chi connectivity index (χ1v) is 35.8. The predicted molar refractivity (Wildman–Crippen MR) is 393 cm³/mol. The number of aromatic nitrogens is 2. The van der Waals surface area contributed by atoms with Crippen LogP contribution in [0.4, 0.5) is 0 Å². The predicted octanol–water partition coefficient (Wildman–Crippen LogP) is 25.6. The fraction of sp³-hybridized carbons (Fsp3) is 0.372. The van der Waals surface area contributed by atoms with Crippen molar-refractivity contribution in [1.29, 1.82) is 0 Å². The summed E-state index contributed by atoms with van der Waals surface area (Å²) in [4.78, 5) is 24.6. The Bertz CT molecular complexity index is 4580. The molecule has 92 heavy (non-hydrogen) atoms. The molecule has 0 aliphatic carbocycles. The van der Waals surface area contributed by atoms with E-state index in [1.807, 2.05) is 24.3 Å². The van der Waals surface area contributed by atoms with Crippen molar-refractivity contribution >= 4 is 120 Å². The normalized spacial score (nSPS) is 13.1. The SMILES string of the molecule is CCCCCCCCC(CCCCCC)Cn1c2cc(-c3ccc(C(=O)O)cc3)c3cccc4c5cccc6c(-c7cc8c9c%10c7cccc%10c7cccc%10c(-c%11ccc(C(=O)O)cc%11)cc(c9c%107)n8CC(CCCCCC)CCCCCCCC)cc1c(c65)c2c34. The van der Waals surface area contributed by atoms with Crippen LogP contribution in [0.15, 0.2) is 146 Å². The van der Waals surface area contributed by atoms with Gasteiger partial charge >= 0.3 is 11.9 Å². The molecule has 2 atom stereocenters. The molecule has 0 aliphatic heterocycles. The number of carboxylic acid groups (broad SMARTS) is 2. The van der Waals surface area contributed by atoms with Gasteiger partial charge in [-0.1, -0.05) is 253 Å². The zero-order valence-corrected chi connectivity index (χ0v) is 55.0. The lowest BCUT2D eigenvalue weighted by molar-refractivity contribution is 0.0686. The van der Waals surface area contributed by atoms with Crippen LogP contribution in [0, 0.1) is 11.8 Å². The van der Waals surface area contributed by atoms with Gasteiger partial charge in [0.25, 0.3) is 0 Å². The molecule has 0 spiro atoms. The molecule has 6 nitrogen and oxygen atoms in total. The van der Waals surface area contributed by atoms with Crippen molar-refractivity contribution in [2.24, 2.45) is 11.8 Å². The first-order valence-electron chi connectivity index (χ1n) is 35.8. The number of carboxylic acids is 2. The van der Waals surface area contributed by atoms with Crippen LogP contribution in [-0.2, 0) is 13.1 Å². The van der Waals surface area contributed by atoms with Gasteiger partial charge in [0.2, 0.25) is 0 Å². The van der Waals surface area contributed by atoms with Gasteiger partial charge in [0.05, 0.1) is 33.2 Å². The molecule has 0 fully saturated rings. The summed E-state index contributed by atoms with van der Waals surface area (Å²) in [6.07, 6.45) is 30.3. The Morgan fingerprint density at radius 1 is 0.304 bits per heavy atom. The average Bonchev–Trinajstić information content (AvgIpc) is 1.46. The fourth-order valence-corrected chi connectivity index (χ4v) is 17.1. The molecule has 2 heterocycles. The lowest BCUT2D eigenvalue weighted by Gasteiger charge is -2.21. The summed E-state index contributed by atoms with van der Waals surface area (Å²) in [6, 6.07) is 53.4. The Kier molecular flexibility index (Phi) is 17.8. The largest absolute Gasteiger partial charge is 0.478 e. The van der Waals surface area contributed by atoms with Crippen LogP contribution in [0.3, 0.4) is 0 Å². The van der Waals surface area contributed by atoms with Gasteiger partial charge in [-0.2, -0.15) is 0 Å². The van der Waals surface area contributed by atoms with E-state index >= 15 is 0 Å². The quantitative estimate of drug-likeness (QED) is 0.0244. The lowest BCUT2D eigenvalue weighted by Crippen LogP contribution is -2.12. The van der Waals surface area contributed by atoms with E-state index in [4.69, 9.17) is 0 Å². The molecule has 2 unspecified atom stereocenters. The molecule has 0 saturated heterocycles. The van der Waals surface area contributed by atoms with Gasteiger partial charge in [-0.15, -0.1) is 0 Å². The highest BCUT2D eigenvalue weighted by atomic mass is 16.4. The lowest BCUT2D eigenvalue weighted by atomic mass is 9.83. The third kappa shape index (κ3) is 11.0. The summed E-state index contributed by atoms with van der Waals surface area (Å²) >= 11 is 0. The highest BCUT2D eigenvalue weighted by Gasteiger charge is 2.31. The molecule has 2 aromatic heterocycles. The van der Waals surface area contributed by atoms with Crippen molar-refractivity contribution in [3.63, 3.8) is 0 Å². The van der Waals surface area contributed by atoms with Gasteiger partial charge < -0.3 is 19.3 Å². The molecule has 14 aromatic rings. The third-order valence-corrected chi connectivity index (χ3v) is 21.7. The van der Waals surface area contributed by atoms with Crippen LogP contribution in [0.1, 0.15) is 203 Å². The molecule has 0 amide bonds. The number of rotatable bonds is 33. The highest BCUT2D eigenvalue weighted by Crippen LogP contribution is 2.55. The second-order valence-electron chi connectivity index (χ2n) is 27.7. The van der Waals surface area contributed by atoms with Crippen LogP contribution in [0.25, 0.3) is 142 Å². The standard InChI is InChI=1S/C86H92N2O4/c1-5-9-13-17-19-23-31-55(29-21-15-11-7-3)53-87-73-49-69(57-41-45-59(46-42-57)85(89)90)65-37-25-33-61-63-35-27-39-67-71(51-75(87)83(79(63)67)81(73)77(61)65)72-52-76-84-80-64(36-28-40-68(72)80)62-34-26-38-66-70(58-43-47-60(48-44-58)86(91)92)50-74(82(84)78(62)66)88(76)54-56(30-22-16-12-8-4)32-24-20-18-14-10-6-2/h25-28,33-52,55-56H,5-24,29-32,53-54H2,1-4H3,(H,89,90)(H,91,92). The molecule has 470 valence electrons. The van der Waals surface area contributed by atoms with Crippen LogP contribution in [0.2, 0.25) is 0 Å². The van der Waals surface area contributed by atoms with Crippen LogP contribution >= 0.6 is 0 Å². The van der Waals surface area contributed by atoms with E-state index in [0.717, 1.165) is 35.3 Å². The van der Waals surface area contributed by atoms with E-state index in [2.05, 4.69) is 134 Å². The maximum absolute atomic E-state index is 12.3. The summed E-state index contributed by atoms with van der Waals surface area (Å²) in [5, 5.41) is 40.9. The van der Waals surface area contributed by atoms with E-state index in [1.165, 1.54) is 273 Å². The Labute approximate surface area is 542 Å². The molecule has 2 N–H and O–H groups in total. The Hall–Kier alpha value is -8.22. The maximum atomic E-state index is 12.3. The number of unbranched alkanes of at least 4 members (excludes halogenated alkanes) is 16. The first kappa shape index (κ1) is 61.3. The second kappa shape index (κ2) is 26.8. The molecule has 0 saturated carbocycles. The van der Waals surface area contributed by atoms with Gasteiger partial charge in [-0.25, -0.2) is 9.59 Å². The fourth-order valence-electron chi connectivity index (χ4n) is 17.1. The van der Waals surface area contributed by atoms with E-state index in [9.17, 15) is 19.8 Å². The molecule has 6 heteroatoms. The Morgan fingerprint density at radius 2 is 0.554 bits per heavy atom.